The van der Waals surface area contributed by atoms with Gasteiger partial charge >= 0.3 is 0 Å². The van der Waals surface area contributed by atoms with Gasteiger partial charge in [0.05, 0.1) is 11.4 Å². The van der Waals surface area contributed by atoms with Crippen molar-refractivity contribution < 1.29 is 9.53 Å². The van der Waals surface area contributed by atoms with Crippen molar-refractivity contribution in [2.24, 2.45) is 7.05 Å². The van der Waals surface area contributed by atoms with Crippen LogP contribution < -0.4 is 10.1 Å². The molecule has 1 N–H and O–H groups in total. The normalized spacial score (nSPS) is 11.9. The molecule has 0 saturated heterocycles. The molecule has 0 fully saturated rings. The fourth-order valence-electron chi connectivity index (χ4n) is 3.24. The number of amides is 1. The number of thiazole rings is 1. The third-order valence-corrected chi connectivity index (χ3v) is 7.13. The second-order valence-corrected chi connectivity index (χ2v) is 9.78. The predicted octanol–water partition coefficient (Wildman–Crippen LogP) is 6.03. The van der Waals surface area contributed by atoms with Gasteiger partial charge in [-0.05, 0) is 43.2 Å². The Labute approximate surface area is 211 Å². The van der Waals surface area contributed by atoms with Gasteiger partial charge < -0.3 is 14.6 Å². The Morgan fingerprint density at radius 2 is 1.91 bits per heavy atom. The second-order valence-electron chi connectivity index (χ2n) is 7.54. The van der Waals surface area contributed by atoms with Crippen molar-refractivity contribution >= 4 is 45.7 Å². The Morgan fingerprint density at radius 3 is 2.62 bits per heavy atom. The number of nitrogens with zero attached hydrogens (tertiary/aromatic N) is 4. The van der Waals surface area contributed by atoms with Crippen molar-refractivity contribution in [3.05, 3.63) is 70.3 Å². The van der Waals surface area contributed by atoms with E-state index in [1.54, 1.807) is 0 Å². The average molecular weight is 514 g/mol. The zero-order valence-electron chi connectivity index (χ0n) is 19.0. The quantitative estimate of drug-likeness (QED) is 0.275. The van der Waals surface area contributed by atoms with Crippen LogP contribution in [0.15, 0.2) is 59.1 Å². The van der Waals surface area contributed by atoms with Gasteiger partial charge in [-0.25, -0.2) is 4.98 Å². The highest BCUT2D eigenvalue weighted by molar-refractivity contribution is 7.99. The van der Waals surface area contributed by atoms with Crippen LogP contribution in [0.25, 0.3) is 11.3 Å². The van der Waals surface area contributed by atoms with Gasteiger partial charge in [0, 0.05) is 23.0 Å². The number of hydrogen-bond donors (Lipinski definition) is 1. The highest BCUT2D eigenvalue weighted by Gasteiger charge is 2.18. The van der Waals surface area contributed by atoms with E-state index in [1.807, 2.05) is 60.3 Å². The summed E-state index contributed by atoms with van der Waals surface area (Å²) in [7, 11) is 1.87. The Morgan fingerprint density at radius 1 is 1.18 bits per heavy atom. The topological polar surface area (TPSA) is 81.9 Å². The highest BCUT2D eigenvalue weighted by Crippen LogP contribution is 2.27. The maximum absolute atomic E-state index is 12.5. The number of benzene rings is 2. The number of carbonyl (C=O) groups is 1. The molecule has 2 heterocycles. The van der Waals surface area contributed by atoms with Gasteiger partial charge in [0.1, 0.15) is 5.75 Å². The van der Waals surface area contributed by atoms with E-state index >= 15 is 0 Å². The summed E-state index contributed by atoms with van der Waals surface area (Å²) in [5, 5.41) is 15.1. The van der Waals surface area contributed by atoms with Gasteiger partial charge in [-0.1, -0.05) is 54.6 Å². The zero-order valence-corrected chi connectivity index (χ0v) is 21.4. The summed E-state index contributed by atoms with van der Waals surface area (Å²) in [6.45, 7) is 4.05. The first-order valence-electron chi connectivity index (χ1n) is 10.7. The largest absolute Gasteiger partial charge is 0.483 e. The summed E-state index contributed by atoms with van der Waals surface area (Å²) in [5.41, 5.74) is 3.00. The molecule has 2 aromatic heterocycles. The lowest BCUT2D eigenvalue weighted by Crippen LogP contribution is -2.14. The number of carbonyl (C=O) groups excluding carboxylic acids is 1. The zero-order chi connectivity index (χ0) is 24.1. The number of aromatic nitrogens is 4. The van der Waals surface area contributed by atoms with E-state index in [2.05, 4.69) is 39.6 Å². The minimum atomic E-state index is -0.283. The number of hydrogen-bond acceptors (Lipinski definition) is 7. The number of aryl methyl sites for hydroxylation is 1. The highest BCUT2D eigenvalue weighted by atomic mass is 35.5. The first-order chi connectivity index (χ1) is 16.4. The van der Waals surface area contributed by atoms with E-state index in [0.717, 1.165) is 23.4 Å². The smallest absolute Gasteiger partial charge is 0.236 e. The molecule has 0 aliphatic rings. The van der Waals surface area contributed by atoms with Gasteiger partial charge in [-0.2, -0.15) is 0 Å². The molecule has 0 spiro atoms. The maximum atomic E-state index is 12.5. The third-order valence-electron chi connectivity index (χ3n) is 5.10. The molecule has 4 rings (SSSR count). The first-order valence-corrected chi connectivity index (χ1v) is 13.0. The lowest BCUT2D eigenvalue weighted by Gasteiger charge is -2.14. The molecule has 4 aromatic rings. The number of ether oxygens (including phenoxy) is 1. The fraction of sp³-hybridized carbons (Fsp3) is 0.250. The van der Waals surface area contributed by atoms with E-state index < -0.39 is 0 Å². The summed E-state index contributed by atoms with van der Waals surface area (Å²) in [4.78, 5) is 16.9. The van der Waals surface area contributed by atoms with Crippen LogP contribution in [0.2, 0.25) is 5.02 Å². The monoisotopic (exact) mass is 513 g/mol. The SMILES string of the molecule is CCc1ccc(OC(C)c2nnc(SCC(=O)Nc3nc(-c4ccc(Cl)cc4)cs3)n2C)cc1. The third kappa shape index (κ3) is 5.97. The molecule has 34 heavy (non-hydrogen) atoms. The fourth-order valence-corrected chi connectivity index (χ4v) is 4.82. The van der Waals surface area contributed by atoms with E-state index in [0.29, 0.717) is 21.1 Å². The number of rotatable bonds is 9. The number of nitrogens with one attached hydrogen (secondary N) is 1. The van der Waals surface area contributed by atoms with Crippen LogP contribution in [0, 0.1) is 0 Å². The Bertz CT molecular complexity index is 1260. The molecule has 0 bridgehead atoms. The van der Waals surface area contributed by atoms with Crippen LogP contribution in [0.3, 0.4) is 0 Å². The van der Waals surface area contributed by atoms with Crippen molar-refractivity contribution in [2.45, 2.75) is 31.5 Å². The van der Waals surface area contributed by atoms with Gasteiger partial charge in [0.2, 0.25) is 5.91 Å². The van der Waals surface area contributed by atoms with Crippen LogP contribution in [-0.4, -0.2) is 31.4 Å². The molecule has 176 valence electrons. The summed E-state index contributed by atoms with van der Waals surface area (Å²) in [5.74, 6) is 1.50. The van der Waals surface area contributed by atoms with Crippen molar-refractivity contribution in [1.82, 2.24) is 19.7 Å². The molecule has 0 aliphatic carbocycles. The molecule has 1 unspecified atom stereocenters. The van der Waals surface area contributed by atoms with Crippen molar-refractivity contribution in [3.8, 4) is 17.0 Å². The molecule has 0 aliphatic heterocycles. The lowest BCUT2D eigenvalue weighted by molar-refractivity contribution is -0.113. The van der Waals surface area contributed by atoms with Crippen LogP contribution in [0.4, 0.5) is 5.13 Å². The van der Waals surface area contributed by atoms with E-state index in [9.17, 15) is 4.79 Å². The van der Waals surface area contributed by atoms with Gasteiger partial charge in [0.25, 0.3) is 0 Å². The summed E-state index contributed by atoms with van der Waals surface area (Å²) in [6.07, 6.45) is 0.703. The molecule has 7 nitrogen and oxygen atoms in total. The van der Waals surface area contributed by atoms with Crippen LogP contribution in [0.1, 0.15) is 31.3 Å². The maximum Gasteiger partial charge on any atom is 0.236 e. The van der Waals surface area contributed by atoms with Crippen molar-refractivity contribution in [2.75, 3.05) is 11.1 Å². The van der Waals surface area contributed by atoms with Crippen molar-refractivity contribution in [1.29, 1.82) is 0 Å². The minimum Gasteiger partial charge on any atom is -0.483 e. The van der Waals surface area contributed by atoms with E-state index in [4.69, 9.17) is 16.3 Å². The second kappa shape index (κ2) is 11.0. The Balaban J connectivity index is 1.31. The molecule has 0 saturated carbocycles. The Kier molecular flexibility index (Phi) is 7.87. The molecule has 10 heteroatoms. The molecular formula is C24H24ClN5O2S2. The average Bonchev–Trinajstić information content (AvgIpc) is 3.45. The predicted molar refractivity (Wildman–Crippen MR) is 138 cm³/mol. The van der Waals surface area contributed by atoms with E-state index in [-0.39, 0.29) is 17.8 Å². The van der Waals surface area contributed by atoms with Crippen molar-refractivity contribution in [3.63, 3.8) is 0 Å². The van der Waals surface area contributed by atoms with Gasteiger partial charge in [-0.3, -0.25) is 4.79 Å². The molecule has 1 atom stereocenters. The number of thioether (sulfide) groups is 1. The van der Waals surface area contributed by atoms with Crippen LogP contribution in [-0.2, 0) is 18.3 Å². The van der Waals surface area contributed by atoms with Gasteiger partial charge in [0.15, 0.2) is 22.2 Å². The standard InChI is InChI=1S/C24H24ClN5O2S2/c1-4-16-5-11-19(12-6-16)32-15(2)22-28-29-24(30(22)3)34-14-21(31)27-23-26-20(13-33-23)17-7-9-18(25)10-8-17/h5-13,15H,4,14H2,1-3H3,(H,26,27,31). The summed E-state index contributed by atoms with van der Waals surface area (Å²) < 4.78 is 7.87. The lowest BCUT2D eigenvalue weighted by atomic mass is 10.2. The number of halogens is 1. The van der Waals surface area contributed by atoms with E-state index in [1.165, 1.54) is 28.7 Å². The van der Waals surface area contributed by atoms with Gasteiger partial charge in [-0.15, -0.1) is 21.5 Å². The molecule has 0 radical (unpaired) electrons. The minimum absolute atomic E-state index is 0.160. The molecule has 1 amide bonds. The van der Waals surface area contributed by atoms with Crippen LogP contribution in [0.5, 0.6) is 5.75 Å². The molecular weight excluding hydrogens is 490 g/mol. The number of anilines is 1. The van der Waals surface area contributed by atoms with Crippen LogP contribution >= 0.6 is 34.7 Å². The molecule has 2 aromatic carbocycles. The Hall–Kier alpha value is -2.88. The first kappa shape index (κ1) is 24.3. The summed E-state index contributed by atoms with van der Waals surface area (Å²) >= 11 is 8.63. The summed E-state index contributed by atoms with van der Waals surface area (Å²) in [6, 6.07) is 15.5.